The maximum atomic E-state index is 12.4. The van der Waals surface area contributed by atoms with E-state index in [1.807, 2.05) is 30.1 Å². The van der Waals surface area contributed by atoms with Crippen LogP contribution in [0, 0.1) is 6.92 Å². The monoisotopic (exact) mass is 366 g/mol. The van der Waals surface area contributed by atoms with Crippen molar-refractivity contribution < 1.29 is 4.79 Å². The van der Waals surface area contributed by atoms with Gasteiger partial charge in [0, 0.05) is 31.5 Å². The van der Waals surface area contributed by atoms with Crippen molar-refractivity contribution >= 4 is 11.7 Å². The molecule has 1 aliphatic heterocycles. The van der Waals surface area contributed by atoms with Crippen LogP contribution in [0.25, 0.3) is 5.65 Å². The Morgan fingerprint density at radius 3 is 2.85 bits per heavy atom. The first kappa shape index (κ1) is 17.3. The molecule has 8 heteroatoms. The molecule has 0 unspecified atom stereocenters. The summed E-state index contributed by atoms with van der Waals surface area (Å²) in [5, 5.41) is 7.25. The van der Waals surface area contributed by atoms with Crippen LogP contribution in [0.15, 0.2) is 47.7 Å². The maximum absolute atomic E-state index is 12.4. The number of amides is 2. The van der Waals surface area contributed by atoms with Gasteiger partial charge >= 0.3 is 6.03 Å². The van der Waals surface area contributed by atoms with Crippen molar-refractivity contribution in [2.24, 2.45) is 0 Å². The van der Waals surface area contributed by atoms with Gasteiger partial charge in [-0.3, -0.25) is 13.9 Å². The summed E-state index contributed by atoms with van der Waals surface area (Å²) in [5.41, 5.74) is 2.13. The van der Waals surface area contributed by atoms with Crippen molar-refractivity contribution in [1.29, 1.82) is 0 Å². The first-order chi connectivity index (χ1) is 13.1. The van der Waals surface area contributed by atoms with Crippen molar-refractivity contribution in [3.63, 3.8) is 0 Å². The Kier molecular flexibility index (Phi) is 4.62. The Morgan fingerprint density at radius 1 is 1.30 bits per heavy atom. The van der Waals surface area contributed by atoms with Gasteiger partial charge < -0.3 is 10.2 Å². The number of pyridine rings is 1. The van der Waals surface area contributed by atoms with Crippen molar-refractivity contribution in [1.82, 2.24) is 29.4 Å². The van der Waals surface area contributed by atoms with E-state index >= 15 is 0 Å². The summed E-state index contributed by atoms with van der Waals surface area (Å²) < 4.78 is 3.48. The third-order valence-corrected chi connectivity index (χ3v) is 4.90. The fourth-order valence-electron chi connectivity index (χ4n) is 3.44. The lowest BCUT2D eigenvalue weighted by Crippen LogP contribution is -2.44. The molecule has 8 nitrogen and oxygen atoms in total. The highest BCUT2D eigenvalue weighted by atomic mass is 16.2. The average Bonchev–Trinajstić information content (AvgIpc) is 3.13. The summed E-state index contributed by atoms with van der Waals surface area (Å²) >= 11 is 0. The number of nitrogens with zero attached hydrogens (tertiary/aromatic N) is 5. The summed E-state index contributed by atoms with van der Waals surface area (Å²) in [5.74, 6) is 0. The summed E-state index contributed by atoms with van der Waals surface area (Å²) in [4.78, 5) is 30.8. The quantitative estimate of drug-likeness (QED) is 0.765. The minimum absolute atomic E-state index is 0.125. The smallest absolute Gasteiger partial charge is 0.317 e. The normalized spacial score (nSPS) is 15.2. The van der Waals surface area contributed by atoms with E-state index in [1.54, 1.807) is 23.2 Å². The highest BCUT2D eigenvalue weighted by molar-refractivity contribution is 5.74. The minimum atomic E-state index is -0.153. The van der Waals surface area contributed by atoms with Gasteiger partial charge in [0.05, 0.1) is 24.5 Å². The van der Waals surface area contributed by atoms with E-state index in [9.17, 15) is 9.59 Å². The zero-order valence-corrected chi connectivity index (χ0v) is 15.2. The molecular weight excluding hydrogens is 344 g/mol. The third kappa shape index (κ3) is 3.69. The van der Waals surface area contributed by atoms with Crippen molar-refractivity contribution in [2.75, 3.05) is 13.1 Å². The molecule has 4 heterocycles. The molecule has 3 aromatic heterocycles. The first-order valence-corrected chi connectivity index (χ1v) is 9.11. The molecule has 0 aliphatic carbocycles. The number of hydrogen-bond donors (Lipinski definition) is 1. The van der Waals surface area contributed by atoms with Crippen LogP contribution in [0.3, 0.4) is 0 Å². The van der Waals surface area contributed by atoms with Gasteiger partial charge in [0.25, 0.3) is 5.56 Å². The number of fused-ring (bicyclic) bond motifs is 1. The number of hydrogen-bond acceptors (Lipinski definition) is 4. The zero-order valence-electron chi connectivity index (χ0n) is 15.2. The number of piperidine rings is 1. The van der Waals surface area contributed by atoms with E-state index in [0.29, 0.717) is 30.5 Å². The summed E-state index contributed by atoms with van der Waals surface area (Å²) in [6.07, 6.45) is 7.34. The lowest BCUT2D eigenvalue weighted by Gasteiger charge is -2.32. The van der Waals surface area contributed by atoms with Crippen LogP contribution in [0.1, 0.15) is 30.1 Å². The van der Waals surface area contributed by atoms with Crippen LogP contribution in [0.5, 0.6) is 0 Å². The molecule has 1 saturated heterocycles. The fourth-order valence-corrected chi connectivity index (χ4v) is 3.44. The third-order valence-electron chi connectivity index (χ3n) is 4.90. The molecule has 1 aliphatic rings. The second-order valence-electron chi connectivity index (χ2n) is 6.89. The van der Waals surface area contributed by atoms with E-state index in [2.05, 4.69) is 15.4 Å². The molecule has 0 bridgehead atoms. The van der Waals surface area contributed by atoms with Crippen molar-refractivity contribution in [3.05, 3.63) is 64.5 Å². The Balaban J connectivity index is 1.34. The zero-order chi connectivity index (χ0) is 18.8. The summed E-state index contributed by atoms with van der Waals surface area (Å²) in [7, 11) is 0. The predicted molar refractivity (Wildman–Crippen MR) is 101 cm³/mol. The van der Waals surface area contributed by atoms with Crippen LogP contribution in [0.2, 0.25) is 0 Å². The van der Waals surface area contributed by atoms with Gasteiger partial charge in [-0.05, 0) is 37.5 Å². The number of urea groups is 1. The molecular formula is C19H22N6O2. The lowest BCUT2D eigenvalue weighted by molar-refractivity contribution is 0.168. The number of carbonyl (C=O) groups excluding carboxylic acids is 1. The second kappa shape index (κ2) is 7.22. The Labute approximate surface area is 156 Å². The molecule has 0 saturated carbocycles. The number of aryl methyl sites for hydroxylation is 1. The topological polar surface area (TPSA) is 84.5 Å². The second-order valence-corrected chi connectivity index (χ2v) is 6.89. The summed E-state index contributed by atoms with van der Waals surface area (Å²) in [6.45, 7) is 3.63. The molecule has 0 aromatic carbocycles. The molecule has 0 radical (unpaired) electrons. The van der Waals surface area contributed by atoms with Crippen LogP contribution in [-0.2, 0) is 6.54 Å². The van der Waals surface area contributed by atoms with Crippen LogP contribution in [0.4, 0.5) is 4.79 Å². The number of aromatic nitrogens is 4. The van der Waals surface area contributed by atoms with E-state index in [0.717, 1.165) is 18.4 Å². The maximum Gasteiger partial charge on any atom is 0.317 e. The van der Waals surface area contributed by atoms with Gasteiger partial charge in [-0.1, -0.05) is 6.07 Å². The molecule has 4 rings (SSSR count). The molecule has 2 amide bonds. The Morgan fingerprint density at radius 2 is 2.11 bits per heavy atom. The van der Waals surface area contributed by atoms with Gasteiger partial charge in [0.2, 0.25) is 0 Å². The van der Waals surface area contributed by atoms with Crippen molar-refractivity contribution in [3.8, 4) is 0 Å². The predicted octanol–water partition coefficient (Wildman–Crippen LogP) is 1.75. The SMILES string of the molecule is Cc1cnn(C2CCN(C(=O)NCc3cc(=O)n4ccccc4n3)CC2)c1. The standard InChI is InChI=1S/C19H22N6O2/c1-14-11-21-25(13-14)16-5-8-23(9-6-16)19(27)20-12-15-10-18(26)24-7-3-2-4-17(24)22-15/h2-4,7,10-11,13,16H,5-6,8-9,12H2,1H3,(H,20,27). The molecule has 0 atom stereocenters. The summed E-state index contributed by atoms with van der Waals surface area (Å²) in [6, 6.07) is 7.06. The Hall–Kier alpha value is -3.16. The average molecular weight is 366 g/mol. The van der Waals surface area contributed by atoms with E-state index in [4.69, 9.17) is 0 Å². The van der Waals surface area contributed by atoms with Gasteiger partial charge in [-0.25, -0.2) is 9.78 Å². The highest BCUT2D eigenvalue weighted by Crippen LogP contribution is 2.22. The minimum Gasteiger partial charge on any atom is -0.332 e. The van der Waals surface area contributed by atoms with Crippen LogP contribution < -0.4 is 10.9 Å². The van der Waals surface area contributed by atoms with E-state index in [1.165, 1.54) is 10.5 Å². The number of likely N-dealkylation sites (tertiary alicyclic amines) is 1. The van der Waals surface area contributed by atoms with Gasteiger partial charge in [-0.2, -0.15) is 5.10 Å². The van der Waals surface area contributed by atoms with E-state index in [-0.39, 0.29) is 18.1 Å². The Bertz CT molecular complexity index is 1020. The van der Waals surface area contributed by atoms with Crippen LogP contribution >= 0.6 is 0 Å². The van der Waals surface area contributed by atoms with Gasteiger partial charge in [0.15, 0.2) is 0 Å². The molecule has 0 spiro atoms. The lowest BCUT2D eigenvalue weighted by atomic mass is 10.1. The van der Waals surface area contributed by atoms with E-state index < -0.39 is 0 Å². The highest BCUT2D eigenvalue weighted by Gasteiger charge is 2.24. The molecule has 140 valence electrons. The fraction of sp³-hybridized carbons (Fsp3) is 0.368. The molecule has 1 fully saturated rings. The molecule has 27 heavy (non-hydrogen) atoms. The van der Waals surface area contributed by atoms with Crippen LogP contribution in [-0.4, -0.2) is 43.2 Å². The number of nitrogens with one attached hydrogen (secondary N) is 1. The molecule has 3 aromatic rings. The van der Waals surface area contributed by atoms with Crippen molar-refractivity contribution in [2.45, 2.75) is 32.4 Å². The largest absolute Gasteiger partial charge is 0.332 e. The number of carbonyl (C=O) groups is 1. The first-order valence-electron chi connectivity index (χ1n) is 9.11. The van der Waals surface area contributed by atoms with Gasteiger partial charge in [0.1, 0.15) is 5.65 Å². The molecule has 1 N–H and O–H groups in total. The number of rotatable bonds is 3. The van der Waals surface area contributed by atoms with Gasteiger partial charge in [-0.15, -0.1) is 0 Å².